The number of nitrogens with one attached hydrogen (secondary N) is 1. The first-order valence-electron chi connectivity index (χ1n) is 5.48. The van der Waals surface area contributed by atoms with Gasteiger partial charge in [0, 0.05) is 12.1 Å². The molecule has 0 aliphatic heterocycles. The number of amides is 1. The zero-order valence-electron chi connectivity index (χ0n) is 9.69. The molecule has 0 aromatic heterocycles. The Kier molecular flexibility index (Phi) is 6.21. The highest BCUT2D eigenvalue weighted by Crippen LogP contribution is 2.27. The molecule has 0 aliphatic rings. The number of aldehydes is 1. The predicted molar refractivity (Wildman–Crippen MR) is 70.3 cm³/mol. The number of rotatable bonds is 7. The normalized spacial score (nSPS) is 9.83. The average Bonchev–Trinajstić information content (AvgIpc) is 2.35. The minimum Gasteiger partial charge on any atom is -0.492 e. The summed E-state index contributed by atoms with van der Waals surface area (Å²) in [5, 5.41) is 10.6. The topological polar surface area (TPSA) is 75.6 Å². The van der Waals surface area contributed by atoms with Crippen molar-refractivity contribution in [2.75, 3.05) is 13.2 Å². The molecule has 0 saturated carbocycles. The van der Waals surface area contributed by atoms with E-state index in [1.54, 1.807) is 18.2 Å². The summed E-state index contributed by atoms with van der Waals surface area (Å²) < 4.78 is 6.15. The maximum Gasteiger partial charge on any atom is 0.404 e. The van der Waals surface area contributed by atoms with Crippen LogP contribution in [0, 0.1) is 0 Å². The first kappa shape index (κ1) is 14.5. The van der Waals surface area contributed by atoms with Crippen LogP contribution in [0.2, 0.25) is 0 Å². The predicted octanol–water partition coefficient (Wildman–Crippen LogP) is 2.69. The van der Waals surface area contributed by atoms with Crippen LogP contribution in [-0.2, 0) is 0 Å². The van der Waals surface area contributed by atoms with Gasteiger partial charge in [-0.15, -0.1) is 0 Å². The second kappa shape index (κ2) is 7.71. The number of halogens is 1. The minimum atomic E-state index is -1.02. The Morgan fingerprint density at radius 1 is 1.44 bits per heavy atom. The van der Waals surface area contributed by atoms with Crippen molar-refractivity contribution in [1.82, 2.24) is 5.32 Å². The fraction of sp³-hybridized carbons (Fsp3) is 0.333. The van der Waals surface area contributed by atoms with Gasteiger partial charge in [-0.1, -0.05) is 12.1 Å². The van der Waals surface area contributed by atoms with E-state index in [2.05, 4.69) is 21.2 Å². The molecule has 0 heterocycles. The van der Waals surface area contributed by atoms with Crippen molar-refractivity contribution in [3.05, 3.63) is 28.2 Å². The first-order valence-corrected chi connectivity index (χ1v) is 6.27. The van der Waals surface area contributed by atoms with E-state index in [-0.39, 0.29) is 0 Å². The van der Waals surface area contributed by atoms with Gasteiger partial charge in [0.05, 0.1) is 11.1 Å². The Labute approximate surface area is 113 Å². The molecule has 1 rings (SSSR count). The Balaban J connectivity index is 2.31. The van der Waals surface area contributed by atoms with Crippen molar-refractivity contribution in [3.63, 3.8) is 0 Å². The minimum absolute atomic E-state index is 0.411. The SMILES string of the molecule is O=Cc1cccc(OCCCCNC(=O)O)c1Br. The van der Waals surface area contributed by atoms with Gasteiger partial charge in [-0.2, -0.15) is 0 Å². The highest BCUT2D eigenvalue weighted by Gasteiger charge is 2.05. The number of carboxylic acid groups (broad SMARTS) is 1. The quantitative estimate of drug-likeness (QED) is 0.599. The van der Waals surface area contributed by atoms with Crippen LogP contribution in [0.1, 0.15) is 23.2 Å². The second-order valence-electron chi connectivity index (χ2n) is 3.56. The highest BCUT2D eigenvalue weighted by atomic mass is 79.9. The molecule has 0 unspecified atom stereocenters. The van der Waals surface area contributed by atoms with Gasteiger partial charge >= 0.3 is 6.09 Å². The molecule has 0 saturated heterocycles. The van der Waals surface area contributed by atoms with Crippen molar-refractivity contribution < 1.29 is 19.4 Å². The summed E-state index contributed by atoms with van der Waals surface area (Å²) in [6, 6.07) is 5.21. The maximum absolute atomic E-state index is 10.7. The van der Waals surface area contributed by atoms with E-state index in [4.69, 9.17) is 9.84 Å². The number of carbonyl (C=O) groups is 2. The summed E-state index contributed by atoms with van der Waals surface area (Å²) in [7, 11) is 0. The summed E-state index contributed by atoms with van der Waals surface area (Å²) in [6.07, 6.45) is 1.18. The molecule has 98 valence electrons. The van der Waals surface area contributed by atoms with E-state index < -0.39 is 6.09 Å². The number of hydrogen-bond donors (Lipinski definition) is 2. The van der Waals surface area contributed by atoms with Crippen molar-refractivity contribution in [2.45, 2.75) is 12.8 Å². The standard InChI is InChI=1S/C12H14BrNO4/c13-11-9(8-15)4-3-5-10(11)18-7-2-1-6-14-12(16)17/h3-5,8,14H,1-2,6-7H2,(H,16,17). The molecule has 2 N–H and O–H groups in total. The lowest BCUT2D eigenvalue weighted by Crippen LogP contribution is -2.22. The Morgan fingerprint density at radius 2 is 2.22 bits per heavy atom. The van der Waals surface area contributed by atoms with Crippen LogP contribution in [0.25, 0.3) is 0 Å². The Hall–Kier alpha value is -1.56. The number of unbranched alkanes of at least 4 members (excludes halogenated alkanes) is 1. The number of ether oxygens (including phenoxy) is 1. The molecule has 0 radical (unpaired) electrons. The van der Waals surface area contributed by atoms with Crippen molar-refractivity contribution in [1.29, 1.82) is 0 Å². The lowest BCUT2D eigenvalue weighted by molar-refractivity contribution is 0.112. The molecule has 0 fully saturated rings. The molecule has 18 heavy (non-hydrogen) atoms. The van der Waals surface area contributed by atoms with E-state index in [9.17, 15) is 9.59 Å². The molecule has 1 amide bonds. The lowest BCUT2D eigenvalue weighted by Gasteiger charge is -2.09. The molecule has 0 atom stereocenters. The molecule has 0 aliphatic carbocycles. The first-order chi connectivity index (χ1) is 8.65. The van der Waals surface area contributed by atoms with Gasteiger partial charge in [-0.25, -0.2) is 4.79 Å². The van der Waals surface area contributed by atoms with Gasteiger partial charge in [-0.05, 0) is 34.8 Å². The molecule has 1 aromatic rings. The fourth-order valence-corrected chi connectivity index (χ4v) is 1.81. The summed E-state index contributed by atoms with van der Waals surface area (Å²) >= 11 is 3.30. The van der Waals surface area contributed by atoms with E-state index in [1.807, 2.05) is 0 Å². The second-order valence-corrected chi connectivity index (χ2v) is 4.36. The van der Waals surface area contributed by atoms with Crippen LogP contribution in [-0.4, -0.2) is 30.6 Å². The largest absolute Gasteiger partial charge is 0.492 e. The number of carbonyl (C=O) groups excluding carboxylic acids is 1. The third-order valence-electron chi connectivity index (χ3n) is 2.23. The average molecular weight is 316 g/mol. The summed E-state index contributed by atoms with van der Waals surface area (Å²) in [5.74, 6) is 0.616. The van der Waals surface area contributed by atoms with Crippen LogP contribution in [0.4, 0.5) is 4.79 Å². The van der Waals surface area contributed by atoms with E-state index in [1.165, 1.54) is 0 Å². The van der Waals surface area contributed by atoms with Gasteiger partial charge in [0.1, 0.15) is 5.75 Å². The summed E-state index contributed by atoms with van der Waals surface area (Å²) in [6.45, 7) is 0.885. The Bertz CT molecular complexity index is 423. The van der Waals surface area contributed by atoms with E-state index in [0.29, 0.717) is 35.4 Å². The van der Waals surface area contributed by atoms with Crippen LogP contribution < -0.4 is 10.1 Å². The van der Waals surface area contributed by atoms with Crippen molar-refractivity contribution >= 4 is 28.3 Å². The maximum atomic E-state index is 10.7. The highest BCUT2D eigenvalue weighted by molar-refractivity contribution is 9.10. The zero-order chi connectivity index (χ0) is 13.4. The van der Waals surface area contributed by atoms with Gasteiger partial charge in [0.25, 0.3) is 0 Å². The molecule has 6 heteroatoms. The van der Waals surface area contributed by atoms with Gasteiger partial charge in [0.2, 0.25) is 0 Å². The molecule has 0 spiro atoms. The number of hydrogen-bond acceptors (Lipinski definition) is 3. The lowest BCUT2D eigenvalue weighted by atomic mass is 10.2. The molecular formula is C12H14BrNO4. The third-order valence-corrected chi connectivity index (χ3v) is 3.07. The van der Waals surface area contributed by atoms with Gasteiger partial charge in [0.15, 0.2) is 6.29 Å². The van der Waals surface area contributed by atoms with E-state index in [0.717, 1.165) is 12.7 Å². The van der Waals surface area contributed by atoms with Crippen LogP contribution in [0.5, 0.6) is 5.75 Å². The van der Waals surface area contributed by atoms with Gasteiger partial charge in [-0.3, -0.25) is 4.79 Å². The molecule has 5 nitrogen and oxygen atoms in total. The monoisotopic (exact) mass is 315 g/mol. The summed E-state index contributed by atoms with van der Waals surface area (Å²) in [5.41, 5.74) is 0.542. The molecule has 1 aromatic carbocycles. The zero-order valence-corrected chi connectivity index (χ0v) is 11.3. The van der Waals surface area contributed by atoms with E-state index >= 15 is 0 Å². The Morgan fingerprint density at radius 3 is 2.89 bits per heavy atom. The van der Waals surface area contributed by atoms with Crippen molar-refractivity contribution in [2.24, 2.45) is 0 Å². The third kappa shape index (κ3) is 4.75. The fourth-order valence-electron chi connectivity index (χ4n) is 1.33. The van der Waals surface area contributed by atoms with Crippen LogP contribution in [0.3, 0.4) is 0 Å². The van der Waals surface area contributed by atoms with Crippen LogP contribution >= 0.6 is 15.9 Å². The smallest absolute Gasteiger partial charge is 0.404 e. The molecule has 0 bridgehead atoms. The summed E-state index contributed by atoms with van der Waals surface area (Å²) in [4.78, 5) is 20.9. The van der Waals surface area contributed by atoms with Crippen molar-refractivity contribution in [3.8, 4) is 5.75 Å². The van der Waals surface area contributed by atoms with Crippen LogP contribution in [0.15, 0.2) is 22.7 Å². The van der Waals surface area contributed by atoms with Gasteiger partial charge < -0.3 is 15.2 Å². The number of benzene rings is 1. The molecular weight excluding hydrogens is 302 g/mol.